The molecule has 0 spiro atoms. The number of benzene rings is 1. The van der Waals surface area contributed by atoms with E-state index in [2.05, 4.69) is 15.3 Å². The van der Waals surface area contributed by atoms with Gasteiger partial charge in [-0.1, -0.05) is 6.07 Å². The van der Waals surface area contributed by atoms with Gasteiger partial charge in [0.1, 0.15) is 5.82 Å². The van der Waals surface area contributed by atoms with Crippen LogP contribution in [0.25, 0.3) is 0 Å². The highest BCUT2D eigenvalue weighted by atomic mass is 19.1. The lowest BCUT2D eigenvalue weighted by molar-refractivity contribution is 0.0695. The number of hydrogen-bond acceptors (Lipinski definition) is 4. The number of carbonyl (C=O) groups is 1. The van der Waals surface area contributed by atoms with Crippen LogP contribution in [0.1, 0.15) is 21.6 Å². The number of aryl methyl sites for hydroxylation is 2. The Morgan fingerprint density at radius 3 is 2.74 bits per heavy atom. The molecule has 0 saturated carbocycles. The Morgan fingerprint density at radius 2 is 2.11 bits per heavy atom. The van der Waals surface area contributed by atoms with E-state index >= 15 is 0 Å². The monoisotopic (exact) mass is 261 g/mol. The van der Waals surface area contributed by atoms with E-state index in [1.165, 1.54) is 18.3 Å². The minimum absolute atomic E-state index is 0.0431. The van der Waals surface area contributed by atoms with E-state index in [1.807, 2.05) is 6.92 Å². The molecular weight excluding hydrogens is 249 g/mol. The van der Waals surface area contributed by atoms with Crippen molar-refractivity contribution in [2.45, 2.75) is 13.8 Å². The molecule has 0 saturated heterocycles. The van der Waals surface area contributed by atoms with Gasteiger partial charge in [-0.25, -0.2) is 19.2 Å². The van der Waals surface area contributed by atoms with Crippen LogP contribution in [-0.2, 0) is 0 Å². The molecule has 0 aliphatic heterocycles. The molecule has 0 fully saturated rings. The van der Waals surface area contributed by atoms with Crippen molar-refractivity contribution in [1.82, 2.24) is 9.97 Å². The molecule has 0 unspecified atom stereocenters. The Kier molecular flexibility index (Phi) is 3.41. The summed E-state index contributed by atoms with van der Waals surface area (Å²) in [4.78, 5) is 18.8. The SMILES string of the molecule is Cc1ccc(F)cc1Nc1ncc(C(=O)O)c(C)n1. The van der Waals surface area contributed by atoms with Crippen LogP contribution in [-0.4, -0.2) is 21.0 Å². The lowest BCUT2D eigenvalue weighted by Crippen LogP contribution is -2.06. The first kappa shape index (κ1) is 12.9. The maximum absolute atomic E-state index is 13.1. The Hall–Kier alpha value is -2.50. The van der Waals surface area contributed by atoms with Crippen molar-refractivity contribution in [2.75, 3.05) is 5.32 Å². The molecule has 0 radical (unpaired) electrons. The van der Waals surface area contributed by atoms with Crippen LogP contribution in [0, 0.1) is 19.7 Å². The van der Waals surface area contributed by atoms with Gasteiger partial charge in [-0.2, -0.15) is 0 Å². The van der Waals surface area contributed by atoms with E-state index in [0.717, 1.165) is 5.56 Å². The fourth-order valence-corrected chi connectivity index (χ4v) is 1.59. The highest BCUT2D eigenvalue weighted by molar-refractivity contribution is 5.88. The van der Waals surface area contributed by atoms with E-state index in [4.69, 9.17) is 5.11 Å². The van der Waals surface area contributed by atoms with Crippen molar-refractivity contribution in [1.29, 1.82) is 0 Å². The molecule has 0 amide bonds. The van der Waals surface area contributed by atoms with E-state index in [-0.39, 0.29) is 17.3 Å². The fraction of sp³-hybridized carbons (Fsp3) is 0.154. The third-order valence-electron chi connectivity index (χ3n) is 2.66. The summed E-state index contributed by atoms with van der Waals surface area (Å²) in [6.07, 6.45) is 1.22. The number of anilines is 2. The maximum Gasteiger partial charge on any atom is 0.339 e. The number of halogens is 1. The quantitative estimate of drug-likeness (QED) is 0.888. The summed E-state index contributed by atoms with van der Waals surface area (Å²) < 4.78 is 13.1. The average Bonchev–Trinajstić information content (AvgIpc) is 2.33. The first-order valence-corrected chi connectivity index (χ1v) is 5.57. The second kappa shape index (κ2) is 5.01. The van der Waals surface area contributed by atoms with E-state index in [9.17, 15) is 9.18 Å². The first-order chi connectivity index (χ1) is 8.97. The van der Waals surface area contributed by atoms with Crippen molar-refractivity contribution in [2.24, 2.45) is 0 Å². The van der Waals surface area contributed by atoms with Crippen LogP contribution >= 0.6 is 0 Å². The average molecular weight is 261 g/mol. The predicted molar refractivity (Wildman–Crippen MR) is 68.1 cm³/mol. The lowest BCUT2D eigenvalue weighted by Gasteiger charge is -2.09. The van der Waals surface area contributed by atoms with Gasteiger partial charge in [-0.15, -0.1) is 0 Å². The molecule has 0 aliphatic rings. The summed E-state index contributed by atoms with van der Waals surface area (Å²) in [6, 6.07) is 4.33. The molecule has 6 heteroatoms. The zero-order valence-corrected chi connectivity index (χ0v) is 10.4. The van der Waals surface area contributed by atoms with Gasteiger partial charge in [-0.05, 0) is 31.5 Å². The smallest absolute Gasteiger partial charge is 0.339 e. The Labute approximate surface area is 109 Å². The van der Waals surface area contributed by atoms with Gasteiger partial charge in [0.2, 0.25) is 5.95 Å². The van der Waals surface area contributed by atoms with Crippen molar-refractivity contribution < 1.29 is 14.3 Å². The van der Waals surface area contributed by atoms with Gasteiger partial charge in [0, 0.05) is 11.9 Å². The molecule has 19 heavy (non-hydrogen) atoms. The number of carboxylic acid groups (broad SMARTS) is 1. The van der Waals surface area contributed by atoms with Gasteiger partial charge in [0.15, 0.2) is 0 Å². The van der Waals surface area contributed by atoms with Crippen molar-refractivity contribution in [3.63, 3.8) is 0 Å². The van der Waals surface area contributed by atoms with Crippen LogP contribution < -0.4 is 5.32 Å². The van der Waals surface area contributed by atoms with Gasteiger partial charge in [0.05, 0.1) is 11.3 Å². The van der Waals surface area contributed by atoms with Gasteiger partial charge < -0.3 is 10.4 Å². The van der Waals surface area contributed by atoms with Gasteiger partial charge in [0.25, 0.3) is 0 Å². The number of nitrogens with zero attached hydrogens (tertiary/aromatic N) is 2. The van der Waals surface area contributed by atoms with E-state index in [1.54, 1.807) is 13.0 Å². The van der Waals surface area contributed by atoms with Crippen LogP contribution in [0.5, 0.6) is 0 Å². The molecule has 2 aromatic rings. The number of aromatic nitrogens is 2. The van der Waals surface area contributed by atoms with Crippen LogP contribution in [0.15, 0.2) is 24.4 Å². The summed E-state index contributed by atoms with van der Waals surface area (Å²) in [6.45, 7) is 3.40. The number of nitrogens with one attached hydrogen (secondary N) is 1. The normalized spacial score (nSPS) is 10.3. The van der Waals surface area contributed by atoms with Gasteiger partial charge in [-0.3, -0.25) is 0 Å². The molecule has 1 aromatic heterocycles. The topological polar surface area (TPSA) is 75.1 Å². The second-order valence-electron chi connectivity index (χ2n) is 4.08. The van der Waals surface area contributed by atoms with Gasteiger partial charge >= 0.3 is 5.97 Å². The molecule has 0 atom stereocenters. The molecule has 1 aromatic carbocycles. The zero-order chi connectivity index (χ0) is 14.0. The molecule has 5 nitrogen and oxygen atoms in total. The van der Waals surface area contributed by atoms with Crippen LogP contribution in [0.2, 0.25) is 0 Å². The number of hydrogen-bond donors (Lipinski definition) is 2. The van der Waals surface area contributed by atoms with Crippen LogP contribution in [0.3, 0.4) is 0 Å². The summed E-state index contributed by atoms with van der Waals surface area (Å²) in [5.41, 5.74) is 1.77. The predicted octanol–water partition coefficient (Wildman–Crippen LogP) is 2.67. The largest absolute Gasteiger partial charge is 0.478 e. The fourth-order valence-electron chi connectivity index (χ4n) is 1.59. The molecule has 2 rings (SSSR count). The molecule has 0 bridgehead atoms. The van der Waals surface area contributed by atoms with E-state index < -0.39 is 5.97 Å². The standard InChI is InChI=1S/C13H12FN3O2/c1-7-3-4-9(14)5-11(7)17-13-15-6-10(12(18)19)8(2)16-13/h3-6H,1-2H3,(H,18,19)(H,15,16,17). The van der Waals surface area contributed by atoms with Crippen LogP contribution in [0.4, 0.5) is 16.0 Å². The molecular formula is C13H12FN3O2. The molecule has 98 valence electrons. The number of carboxylic acids is 1. The summed E-state index contributed by atoms with van der Waals surface area (Å²) in [5, 5.41) is 11.7. The maximum atomic E-state index is 13.1. The number of rotatable bonds is 3. The zero-order valence-electron chi connectivity index (χ0n) is 10.4. The third kappa shape index (κ3) is 2.85. The Balaban J connectivity index is 2.31. The van der Waals surface area contributed by atoms with Crippen molar-refractivity contribution >= 4 is 17.6 Å². The lowest BCUT2D eigenvalue weighted by atomic mass is 10.2. The van der Waals surface area contributed by atoms with E-state index in [0.29, 0.717) is 11.4 Å². The second-order valence-corrected chi connectivity index (χ2v) is 4.08. The minimum Gasteiger partial charge on any atom is -0.478 e. The number of aromatic carboxylic acids is 1. The summed E-state index contributed by atoms with van der Waals surface area (Å²) in [7, 11) is 0. The molecule has 0 aliphatic carbocycles. The minimum atomic E-state index is -1.08. The Bertz CT molecular complexity index is 644. The summed E-state index contributed by atoms with van der Waals surface area (Å²) >= 11 is 0. The summed E-state index contributed by atoms with van der Waals surface area (Å²) in [5.74, 6) is -1.21. The highest BCUT2D eigenvalue weighted by Crippen LogP contribution is 2.19. The molecule has 1 heterocycles. The third-order valence-corrected chi connectivity index (χ3v) is 2.66. The first-order valence-electron chi connectivity index (χ1n) is 5.57. The highest BCUT2D eigenvalue weighted by Gasteiger charge is 2.10. The van der Waals surface area contributed by atoms with Crippen molar-refractivity contribution in [3.05, 3.63) is 47.0 Å². The Morgan fingerprint density at radius 1 is 1.37 bits per heavy atom. The van der Waals surface area contributed by atoms with Crippen molar-refractivity contribution in [3.8, 4) is 0 Å². The molecule has 2 N–H and O–H groups in total.